The molecule has 4 rings (SSSR count). The molecule has 0 radical (unpaired) electrons. The van der Waals surface area contributed by atoms with Crippen LogP contribution in [0.25, 0.3) is 0 Å². The van der Waals surface area contributed by atoms with Crippen LogP contribution in [0.3, 0.4) is 0 Å². The summed E-state index contributed by atoms with van der Waals surface area (Å²) in [5.74, 6) is 0.319. The van der Waals surface area contributed by atoms with Crippen LogP contribution in [-0.2, 0) is 9.59 Å². The minimum absolute atomic E-state index is 0.0105. The second-order valence-corrected chi connectivity index (χ2v) is 9.23. The van der Waals surface area contributed by atoms with Gasteiger partial charge in [-0.25, -0.2) is 4.98 Å². The molecular formula is C25H29ClN4O4. The van der Waals surface area contributed by atoms with Gasteiger partial charge in [0.15, 0.2) is 0 Å². The number of amides is 3. The Morgan fingerprint density at radius 1 is 1.00 bits per heavy atom. The molecule has 0 unspecified atom stereocenters. The van der Waals surface area contributed by atoms with Gasteiger partial charge < -0.3 is 20.3 Å². The molecule has 8 nitrogen and oxygen atoms in total. The van der Waals surface area contributed by atoms with Gasteiger partial charge in [-0.3, -0.25) is 14.4 Å². The Hall–Kier alpha value is -3.13. The Bertz CT molecular complexity index is 1050. The normalized spacial score (nSPS) is 20.0. The lowest BCUT2D eigenvalue weighted by atomic mass is 9.81. The number of rotatable bonds is 6. The molecule has 1 aromatic carbocycles. The predicted molar refractivity (Wildman–Crippen MR) is 130 cm³/mol. The molecule has 9 heteroatoms. The van der Waals surface area contributed by atoms with Crippen molar-refractivity contribution in [3.05, 3.63) is 47.1 Å². The van der Waals surface area contributed by atoms with Crippen LogP contribution in [0.1, 0.15) is 48.9 Å². The Balaban J connectivity index is 1.40. The van der Waals surface area contributed by atoms with Crippen molar-refractivity contribution in [1.82, 2.24) is 9.88 Å². The molecule has 0 bridgehead atoms. The third-order valence-electron chi connectivity index (χ3n) is 6.56. The highest BCUT2D eigenvalue weighted by molar-refractivity contribution is 6.30. The van der Waals surface area contributed by atoms with Gasteiger partial charge in [-0.05, 0) is 68.9 Å². The highest BCUT2D eigenvalue weighted by Gasteiger charge is 2.33. The summed E-state index contributed by atoms with van der Waals surface area (Å²) >= 11 is 5.86. The Morgan fingerprint density at radius 2 is 1.71 bits per heavy atom. The fourth-order valence-corrected chi connectivity index (χ4v) is 4.73. The first-order valence-corrected chi connectivity index (χ1v) is 12.0. The highest BCUT2D eigenvalue weighted by Crippen LogP contribution is 2.32. The topological polar surface area (TPSA) is 101 Å². The van der Waals surface area contributed by atoms with E-state index in [0.29, 0.717) is 48.0 Å². The minimum Gasteiger partial charge on any atom is -0.497 e. The molecule has 3 amide bonds. The maximum Gasteiger partial charge on any atom is 0.259 e. The summed E-state index contributed by atoms with van der Waals surface area (Å²) in [5.41, 5.74) is 0.662. The van der Waals surface area contributed by atoms with Crippen LogP contribution in [0, 0.1) is 11.8 Å². The summed E-state index contributed by atoms with van der Waals surface area (Å²) in [7, 11) is 1.51. The van der Waals surface area contributed by atoms with Crippen LogP contribution in [0.5, 0.6) is 5.75 Å². The Morgan fingerprint density at radius 3 is 2.35 bits per heavy atom. The number of carbonyl (C=O) groups is 3. The molecule has 1 aromatic heterocycles. The molecule has 2 aliphatic rings. The number of nitrogens with zero attached hydrogens (tertiary/aromatic N) is 2. The summed E-state index contributed by atoms with van der Waals surface area (Å²) in [6.45, 7) is 1.71. The van der Waals surface area contributed by atoms with Crippen molar-refractivity contribution < 1.29 is 19.1 Å². The van der Waals surface area contributed by atoms with E-state index in [1.54, 1.807) is 30.3 Å². The average Bonchev–Trinajstić information content (AvgIpc) is 3.40. The number of methoxy groups -OCH3 is 1. The predicted octanol–water partition coefficient (Wildman–Crippen LogP) is 4.36. The van der Waals surface area contributed by atoms with Crippen molar-refractivity contribution >= 4 is 40.8 Å². The van der Waals surface area contributed by atoms with Crippen molar-refractivity contribution in [2.45, 2.75) is 38.5 Å². The van der Waals surface area contributed by atoms with Crippen LogP contribution >= 0.6 is 11.6 Å². The van der Waals surface area contributed by atoms with Gasteiger partial charge in [-0.15, -0.1) is 0 Å². The van der Waals surface area contributed by atoms with Crippen LogP contribution in [0.15, 0.2) is 36.5 Å². The largest absolute Gasteiger partial charge is 0.497 e. The number of hydrogen-bond donors (Lipinski definition) is 2. The van der Waals surface area contributed by atoms with Gasteiger partial charge in [0.05, 0.1) is 23.4 Å². The summed E-state index contributed by atoms with van der Waals surface area (Å²) in [6, 6.07) is 8.15. The summed E-state index contributed by atoms with van der Waals surface area (Å²) in [6.07, 6.45) is 6.34. The number of pyridine rings is 1. The molecule has 1 aliphatic carbocycles. The number of benzene rings is 1. The second-order valence-electron chi connectivity index (χ2n) is 8.80. The van der Waals surface area contributed by atoms with Gasteiger partial charge in [0.25, 0.3) is 5.91 Å². The van der Waals surface area contributed by atoms with Crippen LogP contribution in [0.4, 0.5) is 11.5 Å². The standard InChI is InChI=1S/C25H29ClN4O4/c1-34-19-9-10-21(20(14-19)24(32)29-22-11-8-18(26)15-27-22)28-23(31)16-4-6-17(7-5-16)25(33)30-12-2-3-13-30/h8-11,14-17H,2-7,12-13H2,1H3,(H,28,31)(H,27,29,32). The zero-order chi connectivity index (χ0) is 24.1. The molecule has 0 spiro atoms. The molecule has 2 aromatic rings. The minimum atomic E-state index is -0.427. The number of anilines is 2. The van der Waals surface area contributed by atoms with Gasteiger partial charge in [0, 0.05) is 31.1 Å². The molecule has 34 heavy (non-hydrogen) atoms. The van der Waals surface area contributed by atoms with E-state index in [1.807, 2.05) is 4.90 Å². The number of likely N-dealkylation sites (tertiary alicyclic amines) is 1. The first-order chi connectivity index (χ1) is 16.4. The SMILES string of the molecule is COc1ccc(NC(=O)C2CCC(C(=O)N3CCCC3)CC2)c(C(=O)Nc2ccc(Cl)cn2)c1. The first-order valence-electron chi connectivity index (χ1n) is 11.6. The van der Waals surface area contributed by atoms with Crippen molar-refractivity contribution in [2.75, 3.05) is 30.8 Å². The van der Waals surface area contributed by atoms with Crippen LogP contribution in [-0.4, -0.2) is 47.8 Å². The molecule has 1 saturated heterocycles. The van der Waals surface area contributed by atoms with Gasteiger partial charge in [0.2, 0.25) is 11.8 Å². The maximum atomic E-state index is 13.0. The zero-order valence-corrected chi connectivity index (χ0v) is 19.9. The monoisotopic (exact) mass is 484 g/mol. The lowest BCUT2D eigenvalue weighted by Crippen LogP contribution is -2.37. The number of nitrogens with one attached hydrogen (secondary N) is 2. The van der Waals surface area contributed by atoms with E-state index in [4.69, 9.17) is 16.3 Å². The first kappa shape index (κ1) is 24.0. The molecular weight excluding hydrogens is 456 g/mol. The second kappa shape index (κ2) is 10.9. The number of hydrogen-bond acceptors (Lipinski definition) is 5. The summed E-state index contributed by atoms with van der Waals surface area (Å²) in [5, 5.41) is 6.09. The number of aromatic nitrogens is 1. The summed E-state index contributed by atoms with van der Waals surface area (Å²) in [4.78, 5) is 44.7. The van der Waals surface area contributed by atoms with E-state index >= 15 is 0 Å². The molecule has 2 heterocycles. The van der Waals surface area contributed by atoms with Gasteiger partial charge in [-0.1, -0.05) is 11.6 Å². The number of carbonyl (C=O) groups excluding carboxylic acids is 3. The van der Waals surface area contributed by atoms with Gasteiger partial charge >= 0.3 is 0 Å². The lowest BCUT2D eigenvalue weighted by Gasteiger charge is -2.30. The van der Waals surface area contributed by atoms with Crippen LogP contribution in [0.2, 0.25) is 5.02 Å². The fourth-order valence-electron chi connectivity index (χ4n) is 4.61. The number of halogens is 1. The smallest absolute Gasteiger partial charge is 0.259 e. The van der Waals surface area contributed by atoms with Gasteiger partial charge in [0.1, 0.15) is 11.6 Å². The molecule has 0 atom stereocenters. The maximum absolute atomic E-state index is 13.0. The summed E-state index contributed by atoms with van der Waals surface area (Å²) < 4.78 is 5.26. The molecule has 180 valence electrons. The third kappa shape index (κ3) is 5.67. The lowest BCUT2D eigenvalue weighted by molar-refractivity contribution is -0.136. The van der Waals surface area contributed by atoms with E-state index < -0.39 is 5.91 Å². The molecule has 2 N–H and O–H groups in total. The number of ether oxygens (including phenoxy) is 1. The van der Waals surface area contributed by atoms with Crippen molar-refractivity contribution in [2.24, 2.45) is 11.8 Å². The molecule has 2 fully saturated rings. The fraction of sp³-hybridized carbons (Fsp3) is 0.440. The highest BCUT2D eigenvalue weighted by atomic mass is 35.5. The van der Waals surface area contributed by atoms with E-state index in [9.17, 15) is 14.4 Å². The van der Waals surface area contributed by atoms with Crippen LogP contribution < -0.4 is 15.4 Å². The van der Waals surface area contributed by atoms with E-state index in [-0.39, 0.29) is 29.2 Å². The van der Waals surface area contributed by atoms with Crippen molar-refractivity contribution in [3.8, 4) is 5.75 Å². The average molecular weight is 485 g/mol. The zero-order valence-electron chi connectivity index (χ0n) is 19.2. The van der Waals surface area contributed by atoms with E-state index in [1.165, 1.54) is 13.3 Å². The Labute approximate surface area is 204 Å². The van der Waals surface area contributed by atoms with Crippen molar-refractivity contribution in [3.63, 3.8) is 0 Å². The third-order valence-corrected chi connectivity index (χ3v) is 6.79. The quantitative estimate of drug-likeness (QED) is 0.634. The van der Waals surface area contributed by atoms with Gasteiger partial charge in [-0.2, -0.15) is 0 Å². The molecule has 1 aliphatic heterocycles. The van der Waals surface area contributed by atoms with E-state index in [2.05, 4.69) is 15.6 Å². The molecule has 1 saturated carbocycles. The van der Waals surface area contributed by atoms with E-state index in [0.717, 1.165) is 25.9 Å². The van der Waals surface area contributed by atoms with Crippen molar-refractivity contribution in [1.29, 1.82) is 0 Å². The Kier molecular flexibility index (Phi) is 7.67.